The Morgan fingerprint density at radius 2 is 1.97 bits per heavy atom. The fraction of sp³-hybridized carbons (Fsp3) is 0.480. The zero-order valence-electron chi connectivity index (χ0n) is 17.6. The van der Waals surface area contributed by atoms with Crippen LogP contribution in [-0.2, 0) is 22.4 Å². The Bertz CT molecular complexity index is 966. The molecular weight excluding hydrogens is 393 g/mol. The molecule has 0 saturated carbocycles. The lowest BCUT2D eigenvalue weighted by atomic mass is 9.70. The molecule has 5 rings (SSSR count). The number of pyridine rings is 1. The molecule has 0 N–H and O–H groups in total. The molecular formula is C25H28FN3O2. The number of likely N-dealkylation sites (tertiary alicyclic amines) is 1. The number of nitrogens with zero attached hydrogens (tertiary/aromatic N) is 3. The molecule has 0 radical (unpaired) electrons. The number of aromatic nitrogens is 1. The van der Waals surface area contributed by atoms with E-state index in [4.69, 9.17) is 0 Å². The van der Waals surface area contributed by atoms with Gasteiger partial charge in [-0.05, 0) is 66.8 Å². The number of hydrogen-bond acceptors (Lipinski definition) is 3. The van der Waals surface area contributed by atoms with Crippen LogP contribution in [0.4, 0.5) is 4.39 Å². The third-order valence-corrected chi connectivity index (χ3v) is 7.26. The second kappa shape index (κ2) is 8.40. The van der Waals surface area contributed by atoms with Crippen molar-refractivity contribution in [2.45, 2.75) is 50.6 Å². The minimum atomic E-state index is -0.246. The van der Waals surface area contributed by atoms with Crippen LogP contribution in [-0.4, -0.2) is 51.8 Å². The molecule has 162 valence electrons. The molecule has 2 bridgehead atoms. The summed E-state index contributed by atoms with van der Waals surface area (Å²) in [4.78, 5) is 34.3. The first-order chi connectivity index (χ1) is 15.1. The van der Waals surface area contributed by atoms with Gasteiger partial charge in [-0.3, -0.25) is 14.6 Å². The topological polar surface area (TPSA) is 53.5 Å². The van der Waals surface area contributed by atoms with Crippen LogP contribution in [0, 0.1) is 17.7 Å². The van der Waals surface area contributed by atoms with Crippen molar-refractivity contribution >= 4 is 11.8 Å². The number of carbonyl (C=O) groups is 2. The van der Waals surface area contributed by atoms with Crippen LogP contribution >= 0.6 is 0 Å². The minimum Gasteiger partial charge on any atom is -0.342 e. The van der Waals surface area contributed by atoms with E-state index in [1.807, 2.05) is 23.1 Å². The third-order valence-electron chi connectivity index (χ3n) is 7.26. The summed E-state index contributed by atoms with van der Waals surface area (Å²) in [6, 6.07) is 10.7. The van der Waals surface area contributed by atoms with Crippen molar-refractivity contribution in [1.82, 2.24) is 14.8 Å². The summed E-state index contributed by atoms with van der Waals surface area (Å²) in [6.07, 6.45) is 7.99. The molecule has 0 unspecified atom stereocenters. The molecule has 0 aliphatic carbocycles. The van der Waals surface area contributed by atoms with Crippen LogP contribution < -0.4 is 0 Å². The fourth-order valence-electron chi connectivity index (χ4n) is 5.94. The van der Waals surface area contributed by atoms with Gasteiger partial charge in [0.2, 0.25) is 11.8 Å². The van der Waals surface area contributed by atoms with Crippen LogP contribution in [0.3, 0.4) is 0 Å². The van der Waals surface area contributed by atoms with Crippen LogP contribution in [0.25, 0.3) is 0 Å². The highest BCUT2D eigenvalue weighted by atomic mass is 19.1. The molecule has 3 aliphatic heterocycles. The Balaban J connectivity index is 1.39. The predicted octanol–water partition coefficient (Wildman–Crippen LogP) is 3.23. The molecule has 2 aromatic rings. The van der Waals surface area contributed by atoms with Crippen molar-refractivity contribution in [2.24, 2.45) is 11.8 Å². The zero-order valence-corrected chi connectivity index (χ0v) is 17.6. The first-order valence-corrected chi connectivity index (χ1v) is 11.3. The van der Waals surface area contributed by atoms with Crippen molar-refractivity contribution in [3.8, 4) is 0 Å². The van der Waals surface area contributed by atoms with Gasteiger partial charge in [0.1, 0.15) is 5.82 Å². The van der Waals surface area contributed by atoms with E-state index in [-0.39, 0.29) is 35.6 Å². The second-order valence-electron chi connectivity index (χ2n) is 9.25. The van der Waals surface area contributed by atoms with Crippen molar-refractivity contribution in [3.05, 3.63) is 65.7 Å². The minimum absolute atomic E-state index is 0.0184. The average molecular weight is 422 g/mol. The van der Waals surface area contributed by atoms with Crippen molar-refractivity contribution in [3.63, 3.8) is 0 Å². The highest BCUT2D eigenvalue weighted by Gasteiger charge is 2.49. The number of carbonyl (C=O) groups excluding carboxylic acids is 2. The Morgan fingerprint density at radius 1 is 1.13 bits per heavy atom. The molecule has 3 aliphatic rings. The molecule has 5 nitrogen and oxygen atoms in total. The lowest BCUT2D eigenvalue weighted by molar-refractivity contribution is -0.155. The van der Waals surface area contributed by atoms with E-state index in [0.29, 0.717) is 31.7 Å². The van der Waals surface area contributed by atoms with E-state index in [9.17, 15) is 14.0 Å². The first kappa shape index (κ1) is 20.2. The number of amides is 2. The Morgan fingerprint density at radius 3 is 2.77 bits per heavy atom. The third kappa shape index (κ3) is 4.08. The summed E-state index contributed by atoms with van der Waals surface area (Å²) in [5, 5.41) is 0. The molecule has 1 aromatic carbocycles. The lowest BCUT2D eigenvalue weighted by Crippen LogP contribution is -2.66. The molecule has 4 atom stereocenters. The van der Waals surface area contributed by atoms with E-state index in [0.717, 1.165) is 36.9 Å². The average Bonchev–Trinajstić information content (AvgIpc) is 2.77. The first-order valence-electron chi connectivity index (χ1n) is 11.3. The van der Waals surface area contributed by atoms with E-state index < -0.39 is 0 Å². The quantitative estimate of drug-likeness (QED) is 0.762. The summed E-state index contributed by atoms with van der Waals surface area (Å²) in [5.41, 5.74) is 1.84. The molecule has 4 heterocycles. The van der Waals surface area contributed by atoms with Gasteiger partial charge in [0.25, 0.3) is 0 Å². The summed E-state index contributed by atoms with van der Waals surface area (Å²) < 4.78 is 13.8. The van der Waals surface area contributed by atoms with Crippen LogP contribution in [0.15, 0.2) is 48.8 Å². The van der Waals surface area contributed by atoms with Crippen LogP contribution in [0.1, 0.15) is 36.8 Å². The van der Waals surface area contributed by atoms with E-state index in [1.54, 1.807) is 24.5 Å². The van der Waals surface area contributed by atoms with Gasteiger partial charge in [0.05, 0.1) is 6.42 Å². The van der Waals surface area contributed by atoms with Gasteiger partial charge >= 0.3 is 0 Å². The Kier molecular flexibility index (Phi) is 5.47. The Labute approximate surface area is 182 Å². The van der Waals surface area contributed by atoms with Gasteiger partial charge < -0.3 is 9.80 Å². The van der Waals surface area contributed by atoms with E-state index >= 15 is 0 Å². The molecule has 1 aromatic heterocycles. The summed E-state index contributed by atoms with van der Waals surface area (Å²) >= 11 is 0. The molecule has 6 heteroatoms. The van der Waals surface area contributed by atoms with Crippen molar-refractivity contribution < 1.29 is 14.0 Å². The largest absolute Gasteiger partial charge is 0.342 e. The van der Waals surface area contributed by atoms with Gasteiger partial charge in [-0.25, -0.2) is 4.39 Å². The maximum atomic E-state index is 13.8. The van der Waals surface area contributed by atoms with Crippen LogP contribution in [0.2, 0.25) is 0 Å². The molecule has 0 spiro atoms. The van der Waals surface area contributed by atoms with Gasteiger partial charge in [0.15, 0.2) is 0 Å². The van der Waals surface area contributed by atoms with Crippen molar-refractivity contribution in [2.75, 3.05) is 13.1 Å². The van der Waals surface area contributed by atoms with Gasteiger partial charge in [-0.2, -0.15) is 0 Å². The number of piperidine rings is 3. The van der Waals surface area contributed by atoms with E-state index in [1.165, 1.54) is 6.07 Å². The van der Waals surface area contributed by atoms with Gasteiger partial charge in [-0.1, -0.05) is 18.2 Å². The summed E-state index contributed by atoms with van der Waals surface area (Å²) in [7, 11) is 0. The smallest absolute Gasteiger partial charge is 0.227 e. The number of fused-ring (bicyclic) bond motifs is 4. The summed E-state index contributed by atoms with van der Waals surface area (Å²) in [5.74, 6) is 0.651. The zero-order chi connectivity index (χ0) is 21.4. The Hall–Kier alpha value is -2.76. The maximum Gasteiger partial charge on any atom is 0.227 e. The van der Waals surface area contributed by atoms with Gasteiger partial charge in [-0.15, -0.1) is 0 Å². The van der Waals surface area contributed by atoms with Crippen molar-refractivity contribution in [1.29, 1.82) is 0 Å². The standard InChI is InChI=1S/C25H28FN3O2/c26-21-6-1-4-17(10-21)11-23-20-13-19(22-7-2-8-24(30)29(22)23)15-28(16-20)25(31)12-18-5-3-9-27-14-18/h1,3-6,9-10,14,19-20,22-23H,2,7-8,11-13,15-16H2/t19-,20+,22+,23+/m1/s1. The number of halogens is 1. The summed E-state index contributed by atoms with van der Waals surface area (Å²) in [6.45, 7) is 1.38. The number of hydrogen-bond donors (Lipinski definition) is 0. The number of rotatable bonds is 4. The monoisotopic (exact) mass is 421 g/mol. The molecule has 3 saturated heterocycles. The van der Waals surface area contributed by atoms with Gasteiger partial charge in [0, 0.05) is 44.0 Å². The highest BCUT2D eigenvalue weighted by Crippen LogP contribution is 2.42. The predicted molar refractivity (Wildman–Crippen MR) is 114 cm³/mol. The van der Waals surface area contributed by atoms with E-state index in [2.05, 4.69) is 9.88 Å². The van der Waals surface area contributed by atoms with Crippen LogP contribution in [0.5, 0.6) is 0 Å². The normalized spacial score (nSPS) is 27.7. The molecule has 2 amide bonds. The molecule has 3 fully saturated rings. The fourth-order valence-corrected chi connectivity index (χ4v) is 5.94. The maximum absolute atomic E-state index is 13.8. The SMILES string of the molecule is O=C(Cc1cccnc1)N1C[C@H]2C[C@@H](C1)[C@H](Cc1cccc(F)c1)N1C(=O)CCC[C@@H]21. The lowest BCUT2D eigenvalue weighted by Gasteiger charge is -2.56. The number of benzene rings is 1. The second-order valence-corrected chi connectivity index (χ2v) is 9.25. The highest BCUT2D eigenvalue weighted by molar-refractivity contribution is 5.80. The molecule has 31 heavy (non-hydrogen) atoms.